The minimum absolute atomic E-state index is 0.0195. The van der Waals surface area contributed by atoms with Gasteiger partial charge < -0.3 is 4.74 Å². The van der Waals surface area contributed by atoms with Crippen molar-refractivity contribution in [1.29, 1.82) is 0 Å². The predicted molar refractivity (Wildman–Crippen MR) is 38.9 cm³/mol. The molecule has 1 nitrogen and oxygen atoms in total. The summed E-state index contributed by atoms with van der Waals surface area (Å²) in [5.41, 5.74) is -0.0195. The van der Waals surface area contributed by atoms with Crippen LogP contribution in [0.2, 0.25) is 0 Å². The zero-order chi connectivity index (χ0) is 7.07. The molecule has 0 aromatic carbocycles. The Morgan fingerprint density at radius 2 is 1.89 bits per heavy atom. The van der Waals surface area contributed by atoms with Crippen molar-refractivity contribution in [3.63, 3.8) is 0 Å². The van der Waals surface area contributed by atoms with E-state index in [0.717, 1.165) is 6.42 Å². The number of hydrogen-bond acceptors (Lipinski definition) is 1. The molecule has 0 radical (unpaired) electrons. The third kappa shape index (κ3) is 2.55. The maximum absolute atomic E-state index is 5.73. The highest BCUT2D eigenvalue weighted by atomic mass is 35.5. The molecule has 0 unspecified atom stereocenters. The maximum atomic E-state index is 5.73. The summed E-state index contributed by atoms with van der Waals surface area (Å²) in [7, 11) is 0. The summed E-state index contributed by atoms with van der Waals surface area (Å²) >= 11 is 5.73. The van der Waals surface area contributed by atoms with Crippen LogP contribution in [0.1, 0.15) is 27.2 Å². The second kappa shape index (κ2) is 2.14. The van der Waals surface area contributed by atoms with E-state index in [9.17, 15) is 0 Å². The predicted octanol–water partition coefficient (Wildman–Crippen LogP) is 2.18. The van der Waals surface area contributed by atoms with E-state index in [1.807, 2.05) is 0 Å². The lowest BCUT2D eigenvalue weighted by Gasteiger charge is -2.18. The van der Waals surface area contributed by atoms with Crippen LogP contribution in [0.4, 0.5) is 0 Å². The summed E-state index contributed by atoms with van der Waals surface area (Å²) in [4.78, 5) is 0. The Morgan fingerprint density at radius 1 is 1.44 bits per heavy atom. The Labute approximate surface area is 61.3 Å². The van der Waals surface area contributed by atoms with Crippen LogP contribution in [-0.4, -0.2) is 17.1 Å². The van der Waals surface area contributed by atoms with Gasteiger partial charge in [-0.1, -0.05) is 0 Å². The molecule has 1 rings (SSSR count). The molecule has 54 valence electrons. The first kappa shape index (κ1) is 7.36. The minimum Gasteiger partial charge on any atom is -0.371 e. The smallest absolute Gasteiger partial charge is 0.0761 e. The number of ether oxygens (including phenoxy) is 1. The molecule has 0 saturated heterocycles. The largest absolute Gasteiger partial charge is 0.371 e. The molecule has 0 N–H and O–H groups in total. The topological polar surface area (TPSA) is 9.23 Å². The summed E-state index contributed by atoms with van der Waals surface area (Å²) in [6, 6.07) is 0. The minimum atomic E-state index is -0.0195. The van der Waals surface area contributed by atoms with E-state index < -0.39 is 0 Å². The Hall–Kier alpha value is 0.250. The van der Waals surface area contributed by atoms with Crippen LogP contribution < -0.4 is 0 Å². The van der Waals surface area contributed by atoms with E-state index >= 15 is 0 Å². The fraction of sp³-hybridized carbons (Fsp3) is 1.00. The van der Waals surface area contributed by atoms with Gasteiger partial charge in [-0.3, -0.25) is 0 Å². The number of alkyl halides is 1. The Bertz CT molecular complexity index is 106. The Balaban J connectivity index is 2.19. The molecular weight excluding hydrogens is 136 g/mol. The highest BCUT2D eigenvalue weighted by Crippen LogP contribution is 2.34. The molecular formula is C7H13ClO. The van der Waals surface area contributed by atoms with E-state index in [4.69, 9.17) is 16.3 Å². The zero-order valence-electron chi connectivity index (χ0n) is 6.15. The molecule has 0 aromatic rings. The van der Waals surface area contributed by atoms with E-state index in [1.54, 1.807) is 0 Å². The van der Waals surface area contributed by atoms with Gasteiger partial charge in [-0.2, -0.15) is 0 Å². The first-order valence-corrected chi connectivity index (χ1v) is 3.74. The number of rotatable bonds is 1. The van der Waals surface area contributed by atoms with Gasteiger partial charge in [-0.15, -0.1) is 11.6 Å². The van der Waals surface area contributed by atoms with E-state index in [2.05, 4.69) is 20.8 Å². The van der Waals surface area contributed by atoms with Gasteiger partial charge >= 0.3 is 0 Å². The SMILES string of the molecule is CC(C)(C)O[C@H]1C[C@H]1Cl. The van der Waals surface area contributed by atoms with Crippen molar-refractivity contribution >= 4 is 11.6 Å². The molecule has 1 fully saturated rings. The molecule has 0 spiro atoms. The van der Waals surface area contributed by atoms with Crippen molar-refractivity contribution in [3.8, 4) is 0 Å². The van der Waals surface area contributed by atoms with Gasteiger partial charge in [0, 0.05) is 0 Å². The first-order valence-electron chi connectivity index (χ1n) is 3.31. The molecule has 2 heteroatoms. The van der Waals surface area contributed by atoms with E-state index in [1.165, 1.54) is 0 Å². The van der Waals surface area contributed by atoms with Crippen molar-refractivity contribution in [2.75, 3.05) is 0 Å². The molecule has 0 amide bonds. The summed E-state index contributed by atoms with van der Waals surface area (Å²) in [5, 5.41) is 0.282. The molecule has 0 bridgehead atoms. The molecule has 0 heterocycles. The Morgan fingerprint density at radius 3 is 2.00 bits per heavy atom. The van der Waals surface area contributed by atoms with E-state index in [0.29, 0.717) is 6.10 Å². The third-order valence-electron chi connectivity index (χ3n) is 1.16. The lowest BCUT2D eigenvalue weighted by molar-refractivity contribution is -0.0146. The lowest BCUT2D eigenvalue weighted by Crippen LogP contribution is -2.21. The van der Waals surface area contributed by atoms with Crippen LogP contribution in [-0.2, 0) is 4.74 Å². The van der Waals surface area contributed by atoms with Gasteiger partial charge in [0.2, 0.25) is 0 Å². The van der Waals surface area contributed by atoms with Crippen molar-refractivity contribution in [3.05, 3.63) is 0 Å². The highest BCUT2D eigenvalue weighted by molar-refractivity contribution is 6.23. The van der Waals surface area contributed by atoms with Crippen LogP contribution in [0.3, 0.4) is 0 Å². The van der Waals surface area contributed by atoms with Gasteiger partial charge in [0.1, 0.15) is 0 Å². The normalized spacial score (nSPS) is 34.7. The fourth-order valence-corrected chi connectivity index (χ4v) is 0.946. The van der Waals surface area contributed by atoms with Crippen LogP contribution in [0.25, 0.3) is 0 Å². The van der Waals surface area contributed by atoms with Crippen molar-refractivity contribution in [2.45, 2.75) is 44.3 Å². The number of halogens is 1. The van der Waals surface area contributed by atoms with Crippen LogP contribution in [0, 0.1) is 0 Å². The fourth-order valence-electron chi connectivity index (χ4n) is 0.719. The average molecular weight is 149 g/mol. The Kier molecular flexibility index (Phi) is 1.75. The maximum Gasteiger partial charge on any atom is 0.0761 e. The van der Waals surface area contributed by atoms with Crippen LogP contribution in [0.5, 0.6) is 0 Å². The summed E-state index contributed by atoms with van der Waals surface area (Å²) in [6.07, 6.45) is 1.35. The molecule has 1 saturated carbocycles. The first-order chi connectivity index (χ1) is 3.99. The third-order valence-corrected chi connectivity index (χ3v) is 1.62. The molecule has 1 aliphatic carbocycles. The van der Waals surface area contributed by atoms with Gasteiger partial charge in [-0.25, -0.2) is 0 Å². The summed E-state index contributed by atoms with van der Waals surface area (Å²) in [6.45, 7) is 6.15. The van der Waals surface area contributed by atoms with Gasteiger partial charge in [0.15, 0.2) is 0 Å². The average Bonchev–Trinajstić information content (AvgIpc) is 2.13. The van der Waals surface area contributed by atoms with Crippen molar-refractivity contribution in [2.24, 2.45) is 0 Å². The molecule has 0 aromatic heterocycles. The molecule has 2 atom stereocenters. The molecule has 1 aliphatic rings. The summed E-state index contributed by atoms with van der Waals surface area (Å²) < 4.78 is 5.53. The number of hydrogen-bond donors (Lipinski definition) is 0. The monoisotopic (exact) mass is 148 g/mol. The van der Waals surface area contributed by atoms with Gasteiger partial charge in [0.25, 0.3) is 0 Å². The van der Waals surface area contributed by atoms with Gasteiger partial charge in [0.05, 0.1) is 17.1 Å². The standard InChI is InChI=1S/C7H13ClO/c1-7(2,3)9-6-4-5(6)8/h5-6H,4H2,1-3H3/t5-,6+/m1/s1. The van der Waals surface area contributed by atoms with Crippen LogP contribution >= 0.6 is 11.6 Å². The summed E-state index contributed by atoms with van der Waals surface area (Å²) in [5.74, 6) is 0. The molecule has 9 heavy (non-hydrogen) atoms. The van der Waals surface area contributed by atoms with Crippen molar-refractivity contribution < 1.29 is 4.74 Å². The van der Waals surface area contributed by atoms with E-state index in [-0.39, 0.29) is 11.0 Å². The lowest BCUT2D eigenvalue weighted by atomic mass is 10.2. The molecule has 0 aliphatic heterocycles. The van der Waals surface area contributed by atoms with Crippen molar-refractivity contribution in [1.82, 2.24) is 0 Å². The second-order valence-electron chi connectivity index (χ2n) is 3.52. The zero-order valence-corrected chi connectivity index (χ0v) is 6.90. The van der Waals surface area contributed by atoms with Crippen LogP contribution in [0.15, 0.2) is 0 Å². The van der Waals surface area contributed by atoms with Gasteiger partial charge in [-0.05, 0) is 27.2 Å². The highest BCUT2D eigenvalue weighted by Gasteiger charge is 2.39. The second-order valence-corrected chi connectivity index (χ2v) is 4.08. The quantitative estimate of drug-likeness (QED) is 0.518.